The Labute approximate surface area is 165 Å². The van der Waals surface area contributed by atoms with Gasteiger partial charge in [0.15, 0.2) is 0 Å². The van der Waals surface area contributed by atoms with Crippen molar-refractivity contribution in [2.75, 3.05) is 12.4 Å². The van der Waals surface area contributed by atoms with Crippen LogP contribution in [-0.4, -0.2) is 24.5 Å². The van der Waals surface area contributed by atoms with E-state index >= 15 is 0 Å². The van der Waals surface area contributed by atoms with Crippen LogP contribution in [0.1, 0.15) is 35.3 Å². The summed E-state index contributed by atoms with van der Waals surface area (Å²) in [5.74, 6) is -0.708. The molecule has 0 spiro atoms. The second-order valence-electron chi connectivity index (χ2n) is 6.63. The van der Waals surface area contributed by atoms with E-state index in [1.807, 2.05) is 0 Å². The minimum absolute atomic E-state index is 0.145. The second kappa shape index (κ2) is 8.22. The normalized spacial score (nSPS) is 11.3. The second-order valence-corrected chi connectivity index (χ2v) is 6.63. The third-order valence-electron chi connectivity index (χ3n) is 4.05. The number of halogens is 3. The van der Waals surface area contributed by atoms with Gasteiger partial charge in [0.2, 0.25) is 5.91 Å². The lowest BCUT2D eigenvalue weighted by atomic mass is 10.0. The van der Waals surface area contributed by atoms with Gasteiger partial charge in [0, 0.05) is 11.3 Å². The minimum Gasteiger partial charge on any atom is -0.497 e. The Morgan fingerprint density at radius 3 is 2.21 bits per heavy atom. The van der Waals surface area contributed by atoms with Gasteiger partial charge in [-0.25, -0.2) is 0 Å². The summed E-state index contributed by atoms with van der Waals surface area (Å²) in [5, 5.41) is 13.7. The van der Waals surface area contributed by atoms with Crippen LogP contribution in [-0.2, 0) is 11.0 Å². The van der Waals surface area contributed by atoms with Crippen LogP contribution in [0, 0.1) is 11.3 Å². The summed E-state index contributed by atoms with van der Waals surface area (Å²) in [5.41, 5.74) is -3.00. The monoisotopic (exact) mass is 405 g/mol. The summed E-state index contributed by atoms with van der Waals surface area (Å²) in [6.07, 6.45) is -4.75. The van der Waals surface area contributed by atoms with E-state index in [9.17, 15) is 22.8 Å². The molecular weight excluding hydrogens is 387 g/mol. The summed E-state index contributed by atoms with van der Waals surface area (Å²) in [4.78, 5) is 24.9. The number of nitriles is 1. The molecule has 2 aromatic rings. The minimum atomic E-state index is -4.75. The van der Waals surface area contributed by atoms with Gasteiger partial charge in [-0.3, -0.25) is 9.59 Å². The SMILES string of the molecule is COc1ccc(C(=O)NC(C)(C)C(=O)Nc2ccc(C#N)c(C(F)(F)F)c2)cc1. The number of anilines is 1. The van der Waals surface area contributed by atoms with Gasteiger partial charge in [0.05, 0.1) is 24.3 Å². The zero-order valence-corrected chi connectivity index (χ0v) is 15.8. The molecule has 0 aliphatic carbocycles. The number of hydrogen-bond acceptors (Lipinski definition) is 4. The van der Waals surface area contributed by atoms with Crippen LogP contribution in [0.2, 0.25) is 0 Å². The van der Waals surface area contributed by atoms with E-state index in [1.165, 1.54) is 45.2 Å². The molecule has 0 fully saturated rings. The first kappa shape index (κ1) is 21.8. The van der Waals surface area contributed by atoms with E-state index in [4.69, 9.17) is 10.00 Å². The molecule has 9 heteroatoms. The summed E-state index contributed by atoms with van der Waals surface area (Å²) >= 11 is 0. The van der Waals surface area contributed by atoms with Gasteiger partial charge in [-0.2, -0.15) is 18.4 Å². The summed E-state index contributed by atoms with van der Waals surface area (Å²) < 4.78 is 44.2. The molecule has 2 N–H and O–H groups in total. The summed E-state index contributed by atoms with van der Waals surface area (Å²) in [7, 11) is 1.48. The Kier molecular flexibility index (Phi) is 6.17. The maximum Gasteiger partial charge on any atom is 0.417 e. The van der Waals surface area contributed by atoms with Crippen LogP contribution >= 0.6 is 0 Å². The van der Waals surface area contributed by atoms with Crippen LogP contribution in [0.25, 0.3) is 0 Å². The number of ether oxygens (including phenoxy) is 1. The van der Waals surface area contributed by atoms with E-state index in [1.54, 1.807) is 12.1 Å². The number of methoxy groups -OCH3 is 1. The number of nitrogens with zero attached hydrogens (tertiary/aromatic N) is 1. The highest BCUT2D eigenvalue weighted by atomic mass is 19.4. The topological polar surface area (TPSA) is 91.2 Å². The van der Waals surface area contributed by atoms with Crippen LogP contribution in [0.3, 0.4) is 0 Å². The molecule has 2 aromatic carbocycles. The van der Waals surface area contributed by atoms with Crippen LogP contribution in [0.5, 0.6) is 5.75 Å². The van der Waals surface area contributed by atoms with Crippen molar-refractivity contribution in [2.45, 2.75) is 25.6 Å². The Balaban J connectivity index is 2.16. The fraction of sp³-hybridized carbons (Fsp3) is 0.250. The Morgan fingerprint density at radius 1 is 1.07 bits per heavy atom. The molecule has 0 heterocycles. The standard InChI is InChI=1S/C20H18F3N3O3/c1-19(2,26-17(27)12-5-8-15(29-3)9-6-12)18(28)25-14-7-4-13(11-24)16(10-14)20(21,22)23/h4-10H,1-3H3,(H,25,28)(H,26,27). The predicted molar refractivity (Wildman–Crippen MR) is 99.3 cm³/mol. The van der Waals surface area contributed by atoms with Gasteiger partial charge < -0.3 is 15.4 Å². The molecule has 0 aliphatic rings. The van der Waals surface area contributed by atoms with Crippen LogP contribution in [0.15, 0.2) is 42.5 Å². The molecule has 152 valence electrons. The van der Waals surface area contributed by atoms with Gasteiger partial charge >= 0.3 is 6.18 Å². The van der Waals surface area contributed by atoms with Crippen LogP contribution in [0.4, 0.5) is 18.9 Å². The molecule has 2 amide bonds. The Hall–Kier alpha value is -3.54. The van der Waals surface area contributed by atoms with Gasteiger partial charge in [0.1, 0.15) is 11.3 Å². The predicted octanol–water partition coefficient (Wildman–Crippen LogP) is 3.73. The highest BCUT2D eigenvalue weighted by Crippen LogP contribution is 2.33. The highest BCUT2D eigenvalue weighted by molar-refractivity contribution is 6.03. The first-order chi connectivity index (χ1) is 13.5. The molecule has 0 unspecified atom stereocenters. The van der Waals surface area contributed by atoms with Crippen molar-refractivity contribution in [1.82, 2.24) is 5.32 Å². The number of rotatable bonds is 5. The molecule has 0 atom stereocenters. The third kappa shape index (κ3) is 5.25. The first-order valence-electron chi connectivity index (χ1n) is 8.37. The van der Waals surface area contributed by atoms with Gasteiger partial charge in [-0.05, 0) is 56.3 Å². The van der Waals surface area contributed by atoms with Gasteiger partial charge in [-0.15, -0.1) is 0 Å². The molecule has 6 nitrogen and oxygen atoms in total. The lowest BCUT2D eigenvalue weighted by Gasteiger charge is -2.25. The maximum atomic E-state index is 13.1. The average Bonchev–Trinajstić information content (AvgIpc) is 2.66. The Bertz CT molecular complexity index is 962. The van der Waals surface area contributed by atoms with Crippen molar-refractivity contribution in [3.63, 3.8) is 0 Å². The molecule has 2 rings (SSSR count). The zero-order chi connectivity index (χ0) is 21.8. The van der Waals surface area contributed by atoms with Crippen LogP contribution < -0.4 is 15.4 Å². The molecule has 0 saturated carbocycles. The number of carbonyl (C=O) groups excluding carboxylic acids is 2. The Morgan fingerprint density at radius 2 is 1.69 bits per heavy atom. The summed E-state index contributed by atoms with van der Waals surface area (Å²) in [6.45, 7) is 2.83. The first-order valence-corrected chi connectivity index (χ1v) is 8.37. The van der Waals surface area contributed by atoms with E-state index in [0.29, 0.717) is 11.8 Å². The number of nitrogens with one attached hydrogen (secondary N) is 2. The fourth-order valence-corrected chi connectivity index (χ4v) is 2.40. The van der Waals surface area contributed by atoms with Crippen molar-refractivity contribution in [3.05, 3.63) is 59.2 Å². The smallest absolute Gasteiger partial charge is 0.417 e. The van der Waals surface area contributed by atoms with Crippen molar-refractivity contribution in [1.29, 1.82) is 5.26 Å². The number of amides is 2. The highest BCUT2D eigenvalue weighted by Gasteiger charge is 2.35. The van der Waals surface area contributed by atoms with E-state index < -0.39 is 34.7 Å². The molecule has 0 saturated heterocycles. The molecule has 29 heavy (non-hydrogen) atoms. The van der Waals surface area contributed by atoms with E-state index in [2.05, 4.69) is 10.6 Å². The molecule has 0 aliphatic heterocycles. The fourth-order valence-electron chi connectivity index (χ4n) is 2.40. The molecule has 0 aromatic heterocycles. The van der Waals surface area contributed by atoms with Gasteiger partial charge in [0.25, 0.3) is 5.91 Å². The number of hydrogen-bond donors (Lipinski definition) is 2. The molecule has 0 bridgehead atoms. The van der Waals surface area contributed by atoms with E-state index in [0.717, 1.165) is 6.07 Å². The largest absolute Gasteiger partial charge is 0.497 e. The number of carbonyl (C=O) groups is 2. The van der Waals surface area contributed by atoms with Gasteiger partial charge in [-0.1, -0.05) is 0 Å². The van der Waals surface area contributed by atoms with Crippen molar-refractivity contribution in [2.24, 2.45) is 0 Å². The van der Waals surface area contributed by atoms with Crippen molar-refractivity contribution < 1.29 is 27.5 Å². The van der Waals surface area contributed by atoms with E-state index in [-0.39, 0.29) is 11.3 Å². The third-order valence-corrected chi connectivity index (χ3v) is 4.05. The maximum absolute atomic E-state index is 13.1. The number of alkyl halides is 3. The average molecular weight is 405 g/mol. The molecular formula is C20H18F3N3O3. The lowest BCUT2D eigenvalue weighted by Crippen LogP contribution is -2.52. The number of benzene rings is 2. The lowest BCUT2D eigenvalue weighted by molar-refractivity contribution is -0.137. The zero-order valence-electron chi connectivity index (χ0n) is 15.8. The molecule has 0 radical (unpaired) electrons. The summed E-state index contributed by atoms with van der Waals surface area (Å²) in [6, 6.07) is 10.5. The van der Waals surface area contributed by atoms with Crippen molar-refractivity contribution >= 4 is 17.5 Å². The van der Waals surface area contributed by atoms with Crippen molar-refractivity contribution in [3.8, 4) is 11.8 Å². The quantitative estimate of drug-likeness (QED) is 0.793.